The van der Waals surface area contributed by atoms with Gasteiger partial charge in [0.1, 0.15) is 29.1 Å². The van der Waals surface area contributed by atoms with Gasteiger partial charge in [0.25, 0.3) is 0 Å². The highest BCUT2D eigenvalue weighted by molar-refractivity contribution is 7.87. The maximum atomic E-state index is 14.1. The van der Waals surface area contributed by atoms with Crippen LogP contribution in [-0.4, -0.2) is 51.2 Å². The molecule has 0 aromatic heterocycles. The molecule has 21 heteroatoms. The number of anilines is 2. The predicted molar refractivity (Wildman–Crippen MR) is 272 cm³/mol. The number of urea groups is 1. The van der Waals surface area contributed by atoms with E-state index in [0.29, 0.717) is 29.4 Å². The number of carbonyl (C=O) groups excluding carboxylic acids is 1. The van der Waals surface area contributed by atoms with Gasteiger partial charge in [0.05, 0.1) is 69.4 Å². The average molecular weight is 1070 g/mol. The Balaban J connectivity index is 1.21. The molecule has 2 amide bonds. The molecule has 0 unspecified atom stereocenters. The minimum atomic E-state index is -5.23. The van der Waals surface area contributed by atoms with E-state index in [0.717, 1.165) is 33.1 Å². The standard InChI is InChI=1S/C53H51F9N5O5PS/c1-50(2,3)46(30-63-73(39-18-12-36(69-4)13-19-39,40-20-14-37(70-5)15-21-40)41-22-16-38(71-6)17-23-41)66-49(74)67-47-42-10-8-7-9-31(42)25-45(47)72-44-24-11-32(51(54,55)56)29-43(44)65-48(68)64-35-27-33(52(57,58)59)26-34(28-35)53(60,61)62/h7-24,26-29,45-47H,25,30H2,1-6H3,(H2,64,65,68)(H2,66,67,74)/t45-,46+,47-/m1/s1. The topological polar surface area (TPSA) is 114 Å². The van der Waals surface area contributed by atoms with Gasteiger partial charge in [-0.05, 0) is 138 Å². The Morgan fingerprint density at radius 3 is 1.59 bits per heavy atom. The fourth-order valence-corrected chi connectivity index (χ4v) is 12.2. The maximum absolute atomic E-state index is 14.1. The first-order chi connectivity index (χ1) is 34.8. The maximum Gasteiger partial charge on any atom is 0.416 e. The number of carbonyl (C=O) groups is 1. The second-order valence-corrected chi connectivity index (χ2v) is 21.7. The highest BCUT2D eigenvalue weighted by Crippen LogP contribution is 2.48. The minimum absolute atomic E-state index is 0.130. The van der Waals surface area contributed by atoms with Crippen molar-refractivity contribution in [3.63, 3.8) is 0 Å². The Morgan fingerprint density at radius 2 is 1.14 bits per heavy atom. The third kappa shape index (κ3) is 12.7. The molecule has 74 heavy (non-hydrogen) atoms. The molecule has 10 nitrogen and oxygen atoms in total. The summed E-state index contributed by atoms with van der Waals surface area (Å²) in [7, 11) is 1.91. The van der Waals surface area contributed by atoms with Crippen molar-refractivity contribution < 1.29 is 63.3 Å². The van der Waals surface area contributed by atoms with Gasteiger partial charge in [-0.15, -0.1) is 0 Å². The summed E-state index contributed by atoms with van der Waals surface area (Å²) in [6.45, 7) is 6.33. The first kappa shape index (κ1) is 54.8. The average Bonchev–Trinajstić information content (AvgIpc) is 3.69. The normalized spacial score (nSPS) is 15.3. The number of fused-ring (bicyclic) bond motifs is 1. The minimum Gasteiger partial charge on any atom is -0.497 e. The molecule has 3 atom stereocenters. The van der Waals surface area contributed by atoms with Crippen LogP contribution in [0.5, 0.6) is 23.0 Å². The number of amides is 2. The number of rotatable bonds is 14. The van der Waals surface area contributed by atoms with E-state index in [2.05, 4.69) is 16.0 Å². The molecule has 0 heterocycles. The van der Waals surface area contributed by atoms with Gasteiger partial charge in [-0.25, -0.2) is 4.79 Å². The second kappa shape index (κ2) is 21.9. The number of halogens is 9. The Morgan fingerprint density at radius 1 is 0.649 bits per heavy atom. The van der Waals surface area contributed by atoms with Crippen LogP contribution in [0.25, 0.3) is 0 Å². The zero-order valence-electron chi connectivity index (χ0n) is 40.6. The molecule has 1 aliphatic rings. The quantitative estimate of drug-likeness (QED) is 0.0485. The molecule has 4 N–H and O–H groups in total. The molecular weight excluding hydrogens is 1020 g/mol. The number of thiocarbonyl (C=S) groups is 1. The van der Waals surface area contributed by atoms with Crippen LogP contribution in [0.4, 0.5) is 55.7 Å². The van der Waals surface area contributed by atoms with Gasteiger partial charge in [-0.1, -0.05) is 45.0 Å². The summed E-state index contributed by atoms with van der Waals surface area (Å²) in [6.07, 6.45) is -16.1. The molecule has 0 radical (unpaired) electrons. The van der Waals surface area contributed by atoms with Gasteiger partial charge in [-0.3, -0.25) is 4.74 Å². The lowest BCUT2D eigenvalue weighted by molar-refractivity contribution is -0.143. The summed E-state index contributed by atoms with van der Waals surface area (Å²) in [5, 5.41) is 13.9. The Bertz CT molecular complexity index is 2860. The fourth-order valence-electron chi connectivity index (χ4n) is 8.39. The smallest absolute Gasteiger partial charge is 0.416 e. The highest BCUT2D eigenvalue weighted by Gasteiger charge is 2.40. The van der Waals surface area contributed by atoms with E-state index in [9.17, 15) is 44.3 Å². The molecule has 6 aromatic carbocycles. The van der Waals surface area contributed by atoms with Crippen LogP contribution in [0.3, 0.4) is 0 Å². The summed E-state index contributed by atoms with van der Waals surface area (Å²) in [4.78, 5) is 13.3. The van der Waals surface area contributed by atoms with Crippen molar-refractivity contribution in [2.75, 3.05) is 38.5 Å². The molecule has 1 aliphatic carbocycles. The van der Waals surface area contributed by atoms with Crippen LogP contribution in [0.15, 0.2) is 138 Å². The summed E-state index contributed by atoms with van der Waals surface area (Å²) in [5.41, 5.74) is -5.11. The lowest BCUT2D eigenvalue weighted by Gasteiger charge is -2.35. The van der Waals surface area contributed by atoms with Gasteiger partial charge in [0, 0.05) is 28.0 Å². The number of hydrogen-bond donors (Lipinski definition) is 4. The number of alkyl halides is 9. The molecule has 7 rings (SSSR count). The second-order valence-electron chi connectivity index (χ2n) is 18.2. The van der Waals surface area contributed by atoms with E-state index >= 15 is 0 Å². The van der Waals surface area contributed by atoms with Crippen molar-refractivity contribution in [3.8, 4) is 23.0 Å². The van der Waals surface area contributed by atoms with Crippen molar-refractivity contribution in [2.24, 2.45) is 10.2 Å². The van der Waals surface area contributed by atoms with E-state index in [4.69, 9.17) is 35.9 Å². The third-order valence-electron chi connectivity index (χ3n) is 12.3. The van der Waals surface area contributed by atoms with Crippen LogP contribution in [0.2, 0.25) is 0 Å². The molecule has 0 saturated carbocycles. The summed E-state index contributed by atoms with van der Waals surface area (Å²) in [5.74, 6) is 1.69. The number of hydrogen-bond acceptors (Lipinski definition) is 7. The van der Waals surface area contributed by atoms with Crippen molar-refractivity contribution >= 4 is 57.7 Å². The van der Waals surface area contributed by atoms with E-state index in [1.165, 1.54) is 0 Å². The first-order valence-corrected chi connectivity index (χ1v) is 24.9. The van der Waals surface area contributed by atoms with E-state index < -0.39 is 83.3 Å². The van der Waals surface area contributed by atoms with Crippen LogP contribution in [-0.2, 0) is 24.9 Å². The monoisotopic (exact) mass is 1070 g/mol. The molecule has 0 saturated heterocycles. The van der Waals surface area contributed by atoms with Gasteiger partial charge in [0.15, 0.2) is 5.11 Å². The lowest BCUT2D eigenvalue weighted by atomic mass is 9.87. The Kier molecular flexibility index (Phi) is 16.2. The van der Waals surface area contributed by atoms with Crippen molar-refractivity contribution in [1.29, 1.82) is 0 Å². The number of nitrogens with one attached hydrogen (secondary N) is 4. The van der Waals surface area contributed by atoms with Gasteiger partial charge in [0.2, 0.25) is 0 Å². The third-order valence-corrected chi connectivity index (χ3v) is 16.3. The number of benzene rings is 6. The molecule has 0 spiro atoms. The molecular formula is C53H51F9N5O5PS. The van der Waals surface area contributed by atoms with Gasteiger partial charge in [-0.2, -0.15) is 39.5 Å². The number of nitrogens with zero attached hydrogens (tertiary/aromatic N) is 1. The SMILES string of the molecule is COc1ccc(P(=NC[C@H](NC(=S)N[C@@H]2c3ccccc3C[C@H]2Oc2ccc(C(F)(F)F)cc2NC(=O)Nc2cc(C(F)(F)F)cc(C(F)(F)F)c2)C(C)(C)C)(c2ccc(OC)cc2)c2ccc(OC)cc2)cc1. The summed E-state index contributed by atoms with van der Waals surface area (Å²) < 4.78 is 153. The fraction of sp³-hybridized carbons (Fsp3) is 0.283. The van der Waals surface area contributed by atoms with Crippen LogP contribution in [0.1, 0.15) is 54.6 Å². The largest absolute Gasteiger partial charge is 0.497 e. The van der Waals surface area contributed by atoms with Gasteiger partial charge >= 0.3 is 24.6 Å². The van der Waals surface area contributed by atoms with E-state index in [1.54, 1.807) is 33.5 Å². The van der Waals surface area contributed by atoms with Crippen molar-refractivity contribution in [1.82, 2.24) is 10.6 Å². The van der Waals surface area contributed by atoms with Crippen LogP contribution in [0, 0.1) is 5.41 Å². The lowest BCUT2D eigenvalue weighted by Crippen LogP contribution is -2.51. The summed E-state index contributed by atoms with van der Waals surface area (Å²) >= 11 is 6.04. The van der Waals surface area contributed by atoms with Crippen molar-refractivity contribution in [2.45, 2.75) is 63.9 Å². The van der Waals surface area contributed by atoms with Gasteiger partial charge < -0.3 is 40.2 Å². The van der Waals surface area contributed by atoms with E-state index in [1.807, 2.05) is 111 Å². The number of ether oxygens (including phenoxy) is 4. The molecule has 6 aromatic rings. The van der Waals surface area contributed by atoms with E-state index in [-0.39, 0.29) is 42.0 Å². The molecule has 0 bridgehead atoms. The molecule has 0 aliphatic heterocycles. The first-order valence-electron chi connectivity index (χ1n) is 22.7. The van der Waals surface area contributed by atoms with Crippen LogP contribution >= 0.6 is 19.3 Å². The van der Waals surface area contributed by atoms with Crippen molar-refractivity contribution in [3.05, 3.63) is 161 Å². The molecule has 392 valence electrons. The summed E-state index contributed by atoms with van der Waals surface area (Å²) in [6, 6.07) is 30.6. The molecule has 0 fully saturated rings. The predicted octanol–water partition coefficient (Wildman–Crippen LogP) is 12.5. The zero-order valence-corrected chi connectivity index (χ0v) is 42.3. The Hall–Kier alpha value is -6.92. The number of methoxy groups -OCH3 is 3. The highest BCUT2D eigenvalue weighted by atomic mass is 32.1. The Labute approximate surface area is 427 Å². The zero-order chi connectivity index (χ0) is 53.8. The van der Waals surface area contributed by atoms with Crippen LogP contribution < -0.4 is 56.1 Å².